The Morgan fingerprint density at radius 1 is 1.15 bits per heavy atom. The monoisotopic (exact) mass is 384 g/mol. The second-order valence-electron chi connectivity index (χ2n) is 6.21. The van der Waals surface area contributed by atoms with Gasteiger partial charge in [-0.15, -0.1) is 0 Å². The van der Waals surface area contributed by atoms with Crippen LogP contribution in [-0.4, -0.2) is 20.9 Å². The molecule has 3 aromatic rings. The average molecular weight is 385 g/mol. The third-order valence-corrected chi connectivity index (χ3v) is 4.64. The molecule has 0 unspecified atom stereocenters. The van der Waals surface area contributed by atoms with Crippen molar-refractivity contribution in [3.05, 3.63) is 84.3 Å². The van der Waals surface area contributed by atoms with Gasteiger partial charge in [0.1, 0.15) is 0 Å². The van der Waals surface area contributed by atoms with Crippen LogP contribution in [0.3, 0.4) is 0 Å². The average Bonchev–Trinajstić information content (AvgIpc) is 2.90. The Morgan fingerprint density at radius 2 is 1.89 bits per heavy atom. The highest BCUT2D eigenvalue weighted by Gasteiger charge is 2.12. The third kappa shape index (κ3) is 3.68. The van der Waals surface area contributed by atoms with E-state index in [9.17, 15) is 14.9 Å². The van der Waals surface area contributed by atoms with Gasteiger partial charge in [-0.05, 0) is 50.1 Å². The lowest BCUT2D eigenvalue weighted by Gasteiger charge is -2.05. The lowest BCUT2D eigenvalue weighted by Crippen LogP contribution is -2.17. The summed E-state index contributed by atoms with van der Waals surface area (Å²) in [6, 6.07) is 9.74. The van der Waals surface area contributed by atoms with E-state index in [4.69, 9.17) is 11.6 Å². The summed E-state index contributed by atoms with van der Waals surface area (Å²) in [5.74, 6) is 0. The van der Waals surface area contributed by atoms with Crippen LogP contribution in [0.4, 0.5) is 11.4 Å². The van der Waals surface area contributed by atoms with E-state index in [0.717, 1.165) is 16.8 Å². The van der Waals surface area contributed by atoms with Gasteiger partial charge in [0.25, 0.3) is 11.2 Å². The van der Waals surface area contributed by atoms with Crippen LogP contribution in [0, 0.1) is 30.9 Å². The number of halogens is 1. The van der Waals surface area contributed by atoms with Crippen molar-refractivity contribution in [1.29, 1.82) is 0 Å². The molecule has 27 heavy (non-hydrogen) atoms. The van der Waals surface area contributed by atoms with E-state index < -0.39 is 4.92 Å². The highest BCUT2D eigenvalue weighted by atomic mass is 35.5. The molecular formula is C19H17ClN4O3. The molecule has 8 heteroatoms. The minimum Gasteiger partial charge on any atom is -0.295 e. The summed E-state index contributed by atoms with van der Waals surface area (Å²) in [5, 5.41) is 14.0. The zero-order chi connectivity index (χ0) is 19.7. The van der Waals surface area contributed by atoms with Crippen molar-refractivity contribution in [2.75, 3.05) is 0 Å². The zero-order valence-electron chi connectivity index (χ0n) is 15.0. The maximum Gasteiger partial charge on any atom is 0.280 e. The van der Waals surface area contributed by atoms with Crippen molar-refractivity contribution in [3.63, 3.8) is 0 Å². The SMILES string of the molecule is Cc1ccc(-n2[nH]c(C)c(C=Nc3ccc([N+](=O)[O-])cc3Cl)c2=O)cc1C. The van der Waals surface area contributed by atoms with Gasteiger partial charge in [0.15, 0.2) is 0 Å². The number of nitrogens with one attached hydrogen (secondary N) is 1. The molecule has 0 saturated carbocycles. The Balaban J connectivity index is 1.98. The summed E-state index contributed by atoms with van der Waals surface area (Å²) in [5.41, 5.74) is 4.00. The van der Waals surface area contributed by atoms with Crippen molar-refractivity contribution >= 4 is 29.2 Å². The number of hydrogen-bond donors (Lipinski definition) is 1. The molecule has 3 rings (SSSR count). The van der Waals surface area contributed by atoms with E-state index in [1.807, 2.05) is 32.0 Å². The molecule has 0 amide bonds. The van der Waals surface area contributed by atoms with Gasteiger partial charge in [-0.3, -0.25) is 25.0 Å². The third-order valence-electron chi connectivity index (χ3n) is 4.34. The first-order chi connectivity index (χ1) is 12.8. The number of H-pyrrole nitrogens is 1. The summed E-state index contributed by atoms with van der Waals surface area (Å²) < 4.78 is 1.46. The maximum absolute atomic E-state index is 12.8. The zero-order valence-corrected chi connectivity index (χ0v) is 15.7. The number of nitrogens with zero attached hydrogens (tertiary/aromatic N) is 3. The van der Waals surface area contributed by atoms with E-state index in [0.29, 0.717) is 16.9 Å². The summed E-state index contributed by atoms with van der Waals surface area (Å²) in [7, 11) is 0. The van der Waals surface area contributed by atoms with Gasteiger partial charge in [-0.2, -0.15) is 0 Å². The number of non-ortho nitro benzene ring substituents is 1. The number of aryl methyl sites for hydroxylation is 3. The molecule has 2 aromatic carbocycles. The lowest BCUT2D eigenvalue weighted by molar-refractivity contribution is -0.384. The van der Waals surface area contributed by atoms with Gasteiger partial charge in [0, 0.05) is 24.0 Å². The predicted molar refractivity (Wildman–Crippen MR) is 106 cm³/mol. The van der Waals surface area contributed by atoms with Crippen LogP contribution >= 0.6 is 11.6 Å². The van der Waals surface area contributed by atoms with Crippen LogP contribution in [0.25, 0.3) is 5.69 Å². The fourth-order valence-corrected chi connectivity index (χ4v) is 2.83. The number of aromatic nitrogens is 2. The van der Waals surface area contributed by atoms with E-state index in [-0.39, 0.29) is 16.3 Å². The largest absolute Gasteiger partial charge is 0.295 e. The van der Waals surface area contributed by atoms with Crippen LogP contribution in [0.1, 0.15) is 22.4 Å². The van der Waals surface area contributed by atoms with Crippen molar-refractivity contribution < 1.29 is 4.92 Å². The molecule has 0 radical (unpaired) electrons. The number of nitro groups is 1. The second-order valence-corrected chi connectivity index (χ2v) is 6.62. The standard InChI is InChI=1S/C19H17ClN4O3/c1-11-4-5-14(8-12(11)2)23-19(25)16(13(3)22-23)10-21-18-7-6-15(24(26)27)9-17(18)20/h4-10,22H,1-3H3. The number of aliphatic imine (C=N–C) groups is 1. The van der Waals surface area contributed by atoms with Crippen molar-refractivity contribution in [1.82, 2.24) is 9.78 Å². The Morgan fingerprint density at radius 3 is 2.52 bits per heavy atom. The molecule has 1 heterocycles. The maximum atomic E-state index is 12.8. The normalized spacial score (nSPS) is 11.3. The number of hydrogen-bond acceptors (Lipinski definition) is 4. The van der Waals surface area contributed by atoms with Gasteiger partial charge in [-0.25, -0.2) is 4.68 Å². The van der Waals surface area contributed by atoms with E-state index in [1.54, 1.807) is 6.92 Å². The molecule has 0 fully saturated rings. The first-order valence-corrected chi connectivity index (χ1v) is 8.53. The molecule has 0 bridgehead atoms. The minimum absolute atomic E-state index is 0.117. The Bertz CT molecular complexity index is 1130. The molecule has 0 atom stereocenters. The number of benzene rings is 2. The van der Waals surface area contributed by atoms with Gasteiger partial charge < -0.3 is 0 Å². The van der Waals surface area contributed by atoms with Crippen molar-refractivity contribution in [3.8, 4) is 5.69 Å². The van der Waals surface area contributed by atoms with E-state index >= 15 is 0 Å². The van der Waals surface area contributed by atoms with Crippen LogP contribution in [-0.2, 0) is 0 Å². The number of aromatic amines is 1. The minimum atomic E-state index is -0.530. The molecular weight excluding hydrogens is 368 g/mol. The van der Waals surface area contributed by atoms with Crippen LogP contribution in [0.2, 0.25) is 5.02 Å². The van der Waals surface area contributed by atoms with Crippen LogP contribution < -0.4 is 5.56 Å². The second kappa shape index (κ2) is 7.20. The first kappa shape index (κ1) is 18.6. The predicted octanol–water partition coefficient (Wildman–Crippen LogP) is 4.40. The van der Waals surface area contributed by atoms with Crippen LogP contribution in [0.5, 0.6) is 0 Å². The fraction of sp³-hybridized carbons (Fsp3) is 0.158. The Labute approximate surface area is 160 Å². The summed E-state index contributed by atoms with van der Waals surface area (Å²) >= 11 is 6.04. The molecule has 138 valence electrons. The number of nitro benzene ring substituents is 1. The summed E-state index contributed by atoms with van der Waals surface area (Å²) in [6.07, 6.45) is 1.42. The van der Waals surface area contributed by atoms with Crippen LogP contribution in [0.15, 0.2) is 46.2 Å². The fourth-order valence-electron chi connectivity index (χ4n) is 2.61. The first-order valence-electron chi connectivity index (χ1n) is 8.15. The van der Waals surface area contributed by atoms with Gasteiger partial charge in [0.05, 0.1) is 26.9 Å². The number of rotatable bonds is 4. The smallest absolute Gasteiger partial charge is 0.280 e. The lowest BCUT2D eigenvalue weighted by atomic mass is 10.1. The van der Waals surface area contributed by atoms with E-state index in [2.05, 4.69) is 10.1 Å². The quantitative estimate of drug-likeness (QED) is 0.410. The van der Waals surface area contributed by atoms with Crippen molar-refractivity contribution in [2.45, 2.75) is 20.8 Å². The summed E-state index contributed by atoms with van der Waals surface area (Å²) in [4.78, 5) is 27.2. The van der Waals surface area contributed by atoms with Gasteiger partial charge in [0.2, 0.25) is 0 Å². The molecule has 1 N–H and O–H groups in total. The molecule has 0 aliphatic carbocycles. The van der Waals surface area contributed by atoms with Gasteiger partial charge in [-0.1, -0.05) is 17.7 Å². The van der Waals surface area contributed by atoms with E-state index in [1.165, 1.54) is 29.1 Å². The highest BCUT2D eigenvalue weighted by molar-refractivity contribution is 6.33. The molecule has 0 spiro atoms. The topological polar surface area (TPSA) is 93.3 Å². The summed E-state index contributed by atoms with van der Waals surface area (Å²) in [6.45, 7) is 5.77. The Hall–Kier alpha value is -3.19. The van der Waals surface area contributed by atoms with Crippen molar-refractivity contribution in [2.24, 2.45) is 4.99 Å². The molecule has 7 nitrogen and oxygen atoms in total. The highest BCUT2D eigenvalue weighted by Crippen LogP contribution is 2.28. The molecule has 1 aromatic heterocycles. The molecule has 0 saturated heterocycles. The molecule has 0 aliphatic rings. The molecule has 0 aliphatic heterocycles. The van der Waals surface area contributed by atoms with Gasteiger partial charge >= 0.3 is 0 Å². The Kier molecular flexibility index (Phi) is 4.96.